The zero-order chi connectivity index (χ0) is 23.8. The van der Waals surface area contributed by atoms with Crippen LogP contribution in [-0.2, 0) is 11.4 Å². The molecule has 7 nitrogen and oxygen atoms in total. The van der Waals surface area contributed by atoms with Gasteiger partial charge in [0.25, 0.3) is 5.91 Å². The molecule has 0 atom stereocenters. The molecule has 3 aromatic rings. The van der Waals surface area contributed by atoms with Gasteiger partial charge in [0.15, 0.2) is 6.61 Å². The number of hydrogen-bond donors (Lipinski definition) is 1. The molecule has 0 unspecified atom stereocenters. The number of carbonyl (C=O) groups is 2. The fourth-order valence-electron chi connectivity index (χ4n) is 3.69. The fraction of sp³-hybridized carbons (Fsp3) is 0.259. The maximum atomic E-state index is 12.6. The normalized spacial score (nSPS) is 13.3. The number of anilines is 1. The summed E-state index contributed by atoms with van der Waals surface area (Å²) in [6.45, 7) is 4.36. The van der Waals surface area contributed by atoms with Gasteiger partial charge >= 0.3 is 6.03 Å². The molecular formula is C27H29N3O4. The largest absolute Gasteiger partial charge is 0.489 e. The summed E-state index contributed by atoms with van der Waals surface area (Å²) in [6, 6.07) is 24.7. The van der Waals surface area contributed by atoms with Gasteiger partial charge in [0.05, 0.1) is 0 Å². The van der Waals surface area contributed by atoms with Gasteiger partial charge in [0.2, 0.25) is 0 Å². The van der Waals surface area contributed by atoms with E-state index in [2.05, 4.69) is 5.32 Å². The first kappa shape index (κ1) is 23.2. The lowest BCUT2D eigenvalue weighted by Gasteiger charge is -2.34. The molecule has 0 aromatic heterocycles. The number of amides is 3. The molecule has 0 aliphatic carbocycles. The van der Waals surface area contributed by atoms with E-state index in [0.717, 1.165) is 22.6 Å². The lowest BCUT2D eigenvalue weighted by Crippen LogP contribution is -2.52. The standard InChI is InChI=1S/C27H29N3O4/c1-21-6-5-9-23(18-21)28-27(32)30-16-14-29(15-17-30)26(31)20-34-25-12-10-24(11-13-25)33-19-22-7-3-2-4-8-22/h2-13,18H,14-17,19-20H2,1H3,(H,28,32). The lowest BCUT2D eigenvalue weighted by atomic mass is 10.2. The zero-order valence-corrected chi connectivity index (χ0v) is 19.3. The van der Waals surface area contributed by atoms with Crippen molar-refractivity contribution in [2.45, 2.75) is 13.5 Å². The first-order valence-corrected chi connectivity index (χ1v) is 11.4. The molecule has 0 spiro atoms. The van der Waals surface area contributed by atoms with Crippen molar-refractivity contribution in [3.63, 3.8) is 0 Å². The minimum absolute atomic E-state index is 0.0420. The maximum absolute atomic E-state index is 12.6. The molecule has 1 saturated heterocycles. The minimum atomic E-state index is -0.150. The number of nitrogens with one attached hydrogen (secondary N) is 1. The average Bonchev–Trinajstić information content (AvgIpc) is 2.87. The van der Waals surface area contributed by atoms with Crippen LogP contribution in [0.2, 0.25) is 0 Å². The second kappa shape index (κ2) is 11.2. The summed E-state index contributed by atoms with van der Waals surface area (Å²) < 4.78 is 11.4. The zero-order valence-electron chi connectivity index (χ0n) is 19.3. The van der Waals surface area contributed by atoms with Crippen molar-refractivity contribution in [2.24, 2.45) is 0 Å². The van der Waals surface area contributed by atoms with Crippen LogP contribution in [0.4, 0.5) is 10.5 Å². The van der Waals surface area contributed by atoms with Crippen molar-refractivity contribution in [3.8, 4) is 11.5 Å². The highest BCUT2D eigenvalue weighted by Crippen LogP contribution is 2.19. The fourth-order valence-corrected chi connectivity index (χ4v) is 3.69. The van der Waals surface area contributed by atoms with Crippen LogP contribution in [0.25, 0.3) is 0 Å². The van der Waals surface area contributed by atoms with Gasteiger partial charge in [-0.15, -0.1) is 0 Å². The molecule has 3 amide bonds. The van der Waals surface area contributed by atoms with Gasteiger partial charge in [-0.25, -0.2) is 4.79 Å². The summed E-state index contributed by atoms with van der Waals surface area (Å²) in [4.78, 5) is 28.5. The molecule has 7 heteroatoms. The predicted molar refractivity (Wildman–Crippen MR) is 131 cm³/mol. The van der Waals surface area contributed by atoms with E-state index in [4.69, 9.17) is 9.47 Å². The number of rotatable bonds is 7. The molecule has 1 fully saturated rings. The number of benzene rings is 3. The Morgan fingerprint density at radius 2 is 1.44 bits per heavy atom. The quantitative estimate of drug-likeness (QED) is 0.571. The first-order chi connectivity index (χ1) is 16.6. The van der Waals surface area contributed by atoms with Crippen molar-refractivity contribution in [2.75, 3.05) is 38.1 Å². The molecule has 0 radical (unpaired) electrons. The summed E-state index contributed by atoms with van der Waals surface area (Å²) in [6.07, 6.45) is 0. The third-order valence-electron chi connectivity index (χ3n) is 5.62. The molecule has 0 bridgehead atoms. The summed E-state index contributed by atoms with van der Waals surface area (Å²) in [5.74, 6) is 1.25. The summed E-state index contributed by atoms with van der Waals surface area (Å²) in [5.41, 5.74) is 2.96. The Balaban J connectivity index is 1.18. The van der Waals surface area contributed by atoms with Crippen LogP contribution in [0.5, 0.6) is 11.5 Å². The highest BCUT2D eigenvalue weighted by molar-refractivity contribution is 5.89. The van der Waals surface area contributed by atoms with Crippen molar-refractivity contribution in [1.29, 1.82) is 0 Å². The molecular weight excluding hydrogens is 430 g/mol. The molecule has 0 saturated carbocycles. The second-order valence-corrected chi connectivity index (χ2v) is 8.20. The number of urea groups is 1. The number of ether oxygens (including phenoxy) is 2. The maximum Gasteiger partial charge on any atom is 0.321 e. The van der Waals surface area contributed by atoms with Gasteiger partial charge in [-0.1, -0.05) is 42.5 Å². The van der Waals surface area contributed by atoms with E-state index in [0.29, 0.717) is 38.5 Å². The van der Waals surface area contributed by atoms with Crippen molar-refractivity contribution in [1.82, 2.24) is 9.80 Å². The topological polar surface area (TPSA) is 71.1 Å². The van der Waals surface area contributed by atoms with Gasteiger partial charge in [-0.05, 0) is 54.4 Å². The highest BCUT2D eigenvalue weighted by Gasteiger charge is 2.24. The van der Waals surface area contributed by atoms with Gasteiger partial charge in [-0.3, -0.25) is 4.79 Å². The lowest BCUT2D eigenvalue weighted by molar-refractivity contribution is -0.134. The van der Waals surface area contributed by atoms with E-state index in [-0.39, 0.29) is 18.5 Å². The van der Waals surface area contributed by atoms with E-state index in [1.807, 2.05) is 73.7 Å². The van der Waals surface area contributed by atoms with E-state index in [9.17, 15) is 9.59 Å². The number of hydrogen-bond acceptors (Lipinski definition) is 4. The number of nitrogens with zero attached hydrogens (tertiary/aromatic N) is 2. The van der Waals surface area contributed by atoms with Crippen molar-refractivity contribution in [3.05, 3.63) is 90.0 Å². The Morgan fingerprint density at radius 3 is 2.12 bits per heavy atom. The number of piperazine rings is 1. The van der Waals surface area contributed by atoms with Crippen LogP contribution in [0.1, 0.15) is 11.1 Å². The Hall–Kier alpha value is -4.00. The van der Waals surface area contributed by atoms with Crippen LogP contribution in [0.15, 0.2) is 78.9 Å². The summed E-state index contributed by atoms with van der Waals surface area (Å²) in [5, 5.41) is 2.91. The van der Waals surface area contributed by atoms with Crippen LogP contribution in [0, 0.1) is 6.92 Å². The second-order valence-electron chi connectivity index (χ2n) is 8.20. The molecule has 1 aliphatic heterocycles. The molecule has 34 heavy (non-hydrogen) atoms. The molecule has 1 N–H and O–H groups in total. The van der Waals surface area contributed by atoms with Gasteiger partial charge in [0, 0.05) is 31.9 Å². The Morgan fingerprint density at radius 1 is 0.794 bits per heavy atom. The molecule has 1 aliphatic rings. The number of aryl methyl sites for hydroxylation is 1. The Kier molecular flexibility index (Phi) is 7.65. The van der Waals surface area contributed by atoms with Crippen LogP contribution in [0.3, 0.4) is 0 Å². The molecule has 1 heterocycles. The van der Waals surface area contributed by atoms with E-state index >= 15 is 0 Å². The van der Waals surface area contributed by atoms with E-state index < -0.39 is 0 Å². The SMILES string of the molecule is Cc1cccc(NC(=O)N2CCN(C(=O)COc3ccc(OCc4ccccc4)cc3)CC2)c1. The van der Waals surface area contributed by atoms with E-state index in [1.54, 1.807) is 21.9 Å². The van der Waals surface area contributed by atoms with E-state index in [1.165, 1.54) is 0 Å². The van der Waals surface area contributed by atoms with Crippen molar-refractivity contribution < 1.29 is 19.1 Å². The predicted octanol–water partition coefficient (Wildman–Crippen LogP) is 4.33. The smallest absolute Gasteiger partial charge is 0.321 e. The molecule has 4 rings (SSSR count). The van der Waals surface area contributed by atoms with Gasteiger partial charge in [0.1, 0.15) is 18.1 Å². The number of carbonyl (C=O) groups excluding carboxylic acids is 2. The molecule has 3 aromatic carbocycles. The first-order valence-electron chi connectivity index (χ1n) is 11.4. The molecule has 176 valence electrons. The highest BCUT2D eigenvalue weighted by atomic mass is 16.5. The third kappa shape index (κ3) is 6.51. The van der Waals surface area contributed by atoms with Crippen LogP contribution in [-0.4, -0.2) is 54.5 Å². The Bertz CT molecular complexity index is 1090. The van der Waals surface area contributed by atoms with Crippen LogP contribution >= 0.6 is 0 Å². The van der Waals surface area contributed by atoms with Crippen LogP contribution < -0.4 is 14.8 Å². The third-order valence-corrected chi connectivity index (χ3v) is 5.62. The van der Waals surface area contributed by atoms with Gasteiger partial charge in [-0.2, -0.15) is 0 Å². The summed E-state index contributed by atoms with van der Waals surface area (Å²) >= 11 is 0. The monoisotopic (exact) mass is 459 g/mol. The minimum Gasteiger partial charge on any atom is -0.489 e. The van der Waals surface area contributed by atoms with Crippen molar-refractivity contribution >= 4 is 17.6 Å². The average molecular weight is 460 g/mol. The van der Waals surface area contributed by atoms with Gasteiger partial charge < -0.3 is 24.6 Å². The Labute approximate surface area is 199 Å². The summed E-state index contributed by atoms with van der Waals surface area (Å²) in [7, 11) is 0.